The van der Waals surface area contributed by atoms with Crippen LogP contribution in [0.4, 0.5) is 0 Å². The maximum Gasteiger partial charge on any atom is 0.191 e. The van der Waals surface area contributed by atoms with Crippen molar-refractivity contribution in [3.63, 3.8) is 0 Å². The average molecular weight is 338 g/mol. The predicted octanol–water partition coefficient (Wildman–Crippen LogP) is 3.50. The Labute approximate surface area is 145 Å². The van der Waals surface area contributed by atoms with Crippen LogP contribution in [0.25, 0.3) is 0 Å². The molecule has 1 aromatic rings. The number of nitrogens with one attached hydrogen (secondary N) is 2. The van der Waals surface area contributed by atoms with E-state index in [1.165, 1.54) is 24.2 Å². The van der Waals surface area contributed by atoms with Crippen LogP contribution >= 0.6 is 11.8 Å². The summed E-state index contributed by atoms with van der Waals surface area (Å²) in [5.74, 6) is 3.51. The highest BCUT2D eigenvalue weighted by molar-refractivity contribution is 7.98. The Morgan fingerprint density at radius 3 is 2.61 bits per heavy atom. The summed E-state index contributed by atoms with van der Waals surface area (Å²) in [6.07, 6.45) is 4.55. The summed E-state index contributed by atoms with van der Waals surface area (Å²) >= 11 is 1.89. The molecule has 1 rings (SSSR count). The molecule has 4 nitrogen and oxygen atoms in total. The Kier molecular flexibility index (Phi) is 10.4. The Hall–Kier alpha value is -1.36. The molecular formula is C18H31N3OS. The van der Waals surface area contributed by atoms with Crippen molar-refractivity contribution in [3.05, 3.63) is 29.8 Å². The number of nitrogens with zero attached hydrogens (tertiary/aromatic N) is 1. The SMILES string of the molecule is CN=C(NCCCCSC)NCCOc1ccccc1C(C)C. The van der Waals surface area contributed by atoms with Crippen LogP contribution in [-0.2, 0) is 0 Å². The third-order valence-corrected chi connectivity index (χ3v) is 4.18. The van der Waals surface area contributed by atoms with Crippen molar-refractivity contribution in [2.24, 2.45) is 4.99 Å². The van der Waals surface area contributed by atoms with Crippen LogP contribution in [0, 0.1) is 0 Å². The molecule has 0 saturated carbocycles. The molecule has 0 aliphatic rings. The van der Waals surface area contributed by atoms with Crippen molar-refractivity contribution in [1.29, 1.82) is 0 Å². The molecule has 0 atom stereocenters. The van der Waals surface area contributed by atoms with Crippen LogP contribution in [0.15, 0.2) is 29.3 Å². The molecule has 0 aliphatic carbocycles. The van der Waals surface area contributed by atoms with Crippen molar-refractivity contribution in [1.82, 2.24) is 10.6 Å². The lowest BCUT2D eigenvalue weighted by atomic mass is 10.0. The summed E-state index contributed by atoms with van der Waals surface area (Å²) in [6.45, 7) is 6.68. The van der Waals surface area contributed by atoms with E-state index in [-0.39, 0.29) is 0 Å². The van der Waals surface area contributed by atoms with Gasteiger partial charge in [0.15, 0.2) is 5.96 Å². The van der Waals surface area contributed by atoms with Crippen LogP contribution in [0.1, 0.15) is 38.2 Å². The molecule has 130 valence electrons. The van der Waals surface area contributed by atoms with Gasteiger partial charge < -0.3 is 15.4 Å². The number of thioether (sulfide) groups is 1. The molecule has 2 N–H and O–H groups in total. The fraction of sp³-hybridized carbons (Fsp3) is 0.611. The van der Waals surface area contributed by atoms with E-state index in [1.807, 2.05) is 23.9 Å². The zero-order valence-electron chi connectivity index (χ0n) is 14.9. The van der Waals surface area contributed by atoms with Gasteiger partial charge in [0.05, 0.1) is 6.54 Å². The van der Waals surface area contributed by atoms with E-state index in [0.29, 0.717) is 12.5 Å². The van der Waals surface area contributed by atoms with Gasteiger partial charge in [0.25, 0.3) is 0 Å². The number of guanidine groups is 1. The number of rotatable bonds is 10. The molecule has 23 heavy (non-hydrogen) atoms. The van der Waals surface area contributed by atoms with Gasteiger partial charge in [-0.2, -0.15) is 11.8 Å². The van der Waals surface area contributed by atoms with Gasteiger partial charge >= 0.3 is 0 Å². The van der Waals surface area contributed by atoms with Gasteiger partial charge in [-0.1, -0.05) is 32.0 Å². The third kappa shape index (κ3) is 8.16. The summed E-state index contributed by atoms with van der Waals surface area (Å²) in [5.41, 5.74) is 1.25. The van der Waals surface area contributed by atoms with Crippen molar-refractivity contribution < 1.29 is 4.74 Å². The molecule has 0 aromatic heterocycles. The molecule has 0 heterocycles. The van der Waals surface area contributed by atoms with E-state index in [9.17, 15) is 0 Å². The van der Waals surface area contributed by atoms with E-state index >= 15 is 0 Å². The Bertz CT molecular complexity index is 463. The van der Waals surface area contributed by atoms with Crippen LogP contribution in [0.5, 0.6) is 5.75 Å². The molecule has 0 saturated heterocycles. The van der Waals surface area contributed by atoms with Gasteiger partial charge in [0.2, 0.25) is 0 Å². The minimum Gasteiger partial charge on any atom is -0.491 e. The third-order valence-electron chi connectivity index (χ3n) is 3.48. The monoisotopic (exact) mass is 337 g/mol. The topological polar surface area (TPSA) is 45.7 Å². The fourth-order valence-corrected chi connectivity index (χ4v) is 2.71. The van der Waals surface area contributed by atoms with E-state index < -0.39 is 0 Å². The van der Waals surface area contributed by atoms with Crippen molar-refractivity contribution in [2.75, 3.05) is 38.8 Å². The smallest absolute Gasteiger partial charge is 0.191 e. The standard InChI is InChI=1S/C18H31N3OS/c1-15(2)16-9-5-6-10-17(16)22-13-12-21-18(19-3)20-11-7-8-14-23-4/h5-6,9-10,15H,7-8,11-14H2,1-4H3,(H2,19,20,21). The first-order chi connectivity index (χ1) is 11.2. The van der Waals surface area contributed by atoms with E-state index in [0.717, 1.165) is 24.8 Å². The minimum atomic E-state index is 0.467. The summed E-state index contributed by atoms with van der Waals surface area (Å²) in [6, 6.07) is 8.24. The predicted molar refractivity (Wildman–Crippen MR) is 103 cm³/mol. The lowest BCUT2D eigenvalue weighted by Gasteiger charge is -2.15. The first-order valence-corrected chi connectivity index (χ1v) is 9.73. The molecule has 0 bridgehead atoms. The second-order valence-electron chi connectivity index (χ2n) is 5.67. The van der Waals surface area contributed by atoms with Crippen molar-refractivity contribution in [3.8, 4) is 5.75 Å². The highest BCUT2D eigenvalue weighted by Gasteiger charge is 2.06. The first kappa shape index (κ1) is 19.7. The summed E-state index contributed by atoms with van der Waals surface area (Å²) < 4.78 is 5.90. The maximum atomic E-state index is 5.90. The van der Waals surface area contributed by atoms with Crippen LogP contribution in [-0.4, -0.2) is 44.7 Å². The van der Waals surface area contributed by atoms with Crippen LogP contribution in [0.3, 0.4) is 0 Å². The number of benzene rings is 1. The molecule has 0 aliphatic heterocycles. The zero-order valence-corrected chi connectivity index (χ0v) is 15.7. The average Bonchev–Trinajstić information content (AvgIpc) is 2.56. The second kappa shape index (κ2) is 12.1. The van der Waals surface area contributed by atoms with Crippen LogP contribution in [0.2, 0.25) is 0 Å². The first-order valence-electron chi connectivity index (χ1n) is 8.34. The molecule has 0 radical (unpaired) electrons. The van der Waals surface area contributed by atoms with Gasteiger partial charge in [-0.05, 0) is 42.4 Å². The number of para-hydroxylation sites is 1. The van der Waals surface area contributed by atoms with E-state index in [2.05, 4.69) is 47.9 Å². The molecular weight excluding hydrogens is 306 g/mol. The highest BCUT2D eigenvalue weighted by Crippen LogP contribution is 2.25. The van der Waals surface area contributed by atoms with E-state index in [4.69, 9.17) is 4.74 Å². The van der Waals surface area contributed by atoms with Crippen molar-refractivity contribution >= 4 is 17.7 Å². The Morgan fingerprint density at radius 1 is 1.17 bits per heavy atom. The van der Waals surface area contributed by atoms with Gasteiger partial charge in [-0.3, -0.25) is 4.99 Å². The minimum absolute atomic E-state index is 0.467. The molecule has 1 aromatic carbocycles. The van der Waals surface area contributed by atoms with Crippen molar-refractivity contribution in [2.45, 2.75) is 32.6 Å². The number of ether oxygens (including phenoxy) is 1. The van der Waals surface area contributed by atoms with Gasteiger partial charge in [0.1, 0.15) is 12.4 Å². The molecule has 0 unspecified atom stereocenters. The molecule has 0 fully saturated rings. The number of hydrogen-bond acceptors (Lipinski definition) is 3. The molecule has 5 heteroatoms. The summed E-state index contributed by atoms with van der Waals surface area (Å²) in [5, 5.41) is 6.62. The largest absolute Gasteiger partial charge is 0.491 e. The normalized spacial score (nSPS) is 11.6. The molecule has 0 spiro atoms. The fourth-order valence-electron chi connectivity index (χ4n) is 2.22. The lowest BCUT2D eigenvalue weighted by Crippen LogP contribution is -2.39. The number of unbranched alkanes of at least 4 members (excludes halogenated alkanes) is 1. The van der Waals surface area contributed by atoms with Gasteiger partial charge in [-0.25, -0.2) is 0 Å². The second-order valence-corrected chi connectivity index (χ2v) is 6.65. The summed E-state index contributed by atoms with van der Waals surface area (Å²) in [4.78, 5) is 4.23. The van der Waals surface area contributed by atoms with E-state index in [1.54, 1.807) is 7.05 Å². The highest BCUT2D eigenvalue weighted by atomic mass is 32.2. The number of hydrogen-bond donors (Lipinski definition) is 2. The molecule has 0 amide bonds. The Morgan fingerprint density at radius 2 is 1.91 bits per heavy atom. The van der Waals surface area contributed by atoms with Gasteiger partial charge in [-0.15, -0.1) is 0 Å². The van der Waals surface area contributed by atoms with Crippen LogP contribution < -0.4 is 15.4 Å². The lowest BCUT2D eigenvalue weighted by molar-refractivity contribution is 0.317. The Balaban J connectivity index is 2.25. The summed E-state index contributed by atoms with van der Waals surface area (Å²) in [7, 11) is 1.80. The quantitative estimate of drug-likeness (QED) is 0.390. The van der Waals surface area contributed by atoms with Gasteiger partial charge in [0, 0.05) is 13.6 Å². The number of aliphatic imine (C=N–C) groups is 1. The zero-order chi connectivity index (χ0) is 16.9. The maximum absolute atomic E-state index is 5.90.